The molecular formula is C26H30N6O2. The molecule has 0 bridgehead atoms. The topological polar surface area (TPSA) is 85.7 Å². The van der Waals surface area contributed by atoms with Gasteiger partial charge in [0.25, 0.3) is 5.91 Å². The molecule has 4 aromatic rings. The molecule has 0 aliphatic carbocycles. The second-order valence-corrected chi connectivity index (χ2v) is 8.98. The van der Waals surface area contributed by atoms with E-state index in [0.29, 0.717) is 5.56 Å². The van der Waals surface area contributed by atoms with Gasteiger partial charge in [-0.15, -0.1) is 0 Å². The number of aryl methyl sites for hydroxylation is 2. The zero-order valence-corrected chi connectivity index (χ0v) is 19.9. The monoisotopic (exact) mass is 458 g/mol. The van der Waals surface area contributed by atoms with E-state index in [9.17, 15) is 9.59 Å². The van der Waals surface area contributed by atoms with Gasteiger partial charge in [-0.05, 0) is 60.4 Å². The van der Waals surface area contributed by atoms with E-state index in [1.165, 1.54) is 11.3 Å². The minimum Gasteiger partial charge on any atom is -0.369 e. The van der Waals surface area contributed by atoms with Gasteiger partial charge in [0.1, 0.15) is 5.52 Å². The number of hydrogen-bond acceptors (Lipinski definition) is 5. The van der Waals surface area contributed by atoms with Crippen LogP contribution in [-0.4, -0.2) is 58.4 Å². The van der Waals surface area contributed by atoms with Crippen LogP contribution < -0.4 is 15.9 Å². The predicted octanol–water partition coefficient (Wildman–Crippen LogP) is 2.73. The summed E-state index contributed by atoms with van der Waals surface area (Å²) >= 11 is 0. The van der Waals surface area contributed by atoms with Gasteiger partial charge in [-0.1, -0.05) is 6.92 Å². The normalized spacial score (nSPS) is 14.7. The average Bonchev–Trinajstić information content (AvgIpc) is 3.26. The van der Waals surface area contributed by atoms with Crippen LogP contribution in [0.15, 0.2) is 47.5 Å². The lowest BCUT2D eigenvalue weighted by molar-refractivity contribution is 0.0963. The summed E-state index contributed by atoms with van der Waals surface area (Å²) in [7, 11) is 1.66. The Morgan fingerprint density at radius 2 is 1.94 bits per heavy atom. The quantitative estimate of drug-likeness (QED) is 0.480. The van der Waals surface area contributed by atoms with Crippen LogP contribution >= 0.6 is 0 Å². The Balaban J connectivity index is 1.30. The maximum absolute atomic E-state index is 12.4. The van der Waals surface area contributed by atoms with Crippen molar-refractivity contribution in [2.24, 2.45) is 0 Å². The van der Waals surface area contributed by atoms with E-state index in [-0.39, 0.29) is 11.6 Å². The number of nitrogens with one attached hydrogen (secondary N) is 2. The molecule has 1 aromatic carbocycles. The van der Waals surface area contributed by atoms with Crippen LogP contribution in [0.3, 0.4) is 0 Å². The number of carbonyl (C=O) groups is 1. The van der Waals surface area contributed by atoms with Gasteiger partial charge >= 0.3 is 5.69 Å². The molecule has 4 heterocycles. The second kappa shape index (κ2) is 8.95. The van der Waals surface area contributed by atoms with Gasteiger partial charge in [0.15, 0.2) is 0 Å². The number of rotatable bonds is 5. The third kappa shape index (κ3) is 4.05. The van der Waals surface area contributed by atoms with Crippen molar-refractivity contribution in [2.45, 2.75) is 26.8 Å². The second-order valence-electron chi connectivity index (χ2n) is 8.98. The first-order chi connectivity index (χ1) is 16.5. The average molecular weight is 459 g/mol. The van der Waals surface area contributed by atoms with Gasteiger partial charge in [-0.2, -0.15) is 0 Å². The smallest absolute Gasteiger partial charge is 0.330 e. The molecule has 0 unspecified atom stereocenters. The first kappa shape index (κ1) is 22.2. The molecule has 1 aliphatic rings. The Kier molecular flexibility index (Phi) is 5.83. The van der Waals surface area contributed by atoms with Gasteiger partial charge in [0, 0.05) is 63.4 Å². The van der Waals surface area contributed by atoms with Crippen LogP contribution in [0.4, 0.5) is 5.69 Å². The summed E-state index contributed by atoms with van der Waals surface area (Å²) in [5, 5.41) is 2.70. The molecule has 34 heavy (non-hydrogen) atoms. The number of anilines is 1. The fraction of sp³-hybridized carbons (Fsp3) is 0.346. The highest BCUT2D eigenvalue weighted by atomic mass is 16.1. The van der Waals surface area contributed by atoms with Crippen molar-refractivity contribution in [3.8, 4) is 0 Å². The van der Waals surface area contributed by atoms with E-state index in [1.807, 2.05) is 43.6 Å². The Bertz CT molecular complexity index is 1430. The number of H-pyrrole nitrogens is 1. The number of hydrogen-bond donors (Lipinski definition) is 2. The predicted molar refractivity (Wildman–Crippen MR) is 135 cm³/mol. The molecule has 8 nitrogen and oxygen atoms in total. The molecule has 3 aromatic heterocycles. The number of aromatic amines is 1. The van der Waals surface area contributed by atoms with Crippen LogP contribution in [-0.2, 0) is 13.0 Å². The van der Waals surface area contributed by atoms with E-state index in [2.05, 4.69) is 38.1 Å². The summed E-state index contributed by atoms with van der Waals surface area (Å²) in [5.41, 5.74) is 7.53. The number of pyridine rings is 1. The van der Waals surface area contributed by atoms with Crippen molar-refractivity contribution < 1.29 is 4.79 Å². The van der Waals surface area contributed by atoms with E-state index in [1.54, 1.807) is 11.4 Å². The maximum Gasteiger partial charge on any atom is 0.330 e. The SMILES string of the molecule is CCc1cc(C(=O)NC)ccc1N1CCN(Cc2cnc3c(c2)[nH]c(=O)n2cc(C)cc32)CC1. The van der Waals surface area contributed by atoms with Gasteiger partial charge < -0.3 is 15.2 Å². The molecule has 176 valence electrons. The summed E-state index contributed by atoms with van der Waals surface area (Å²) in [6, 6.07) is 10.0. The lowest BCUT2D eigenvalue weighted by atomic mass is 10.0. The molecule has 0 radical (unpaired) electrons. The molecule has 0 spiro atoms. The number of fused-ring (bicyclic) bond motifs is 3. The number of nitrogens with zero attached hydrogens (tertiary/aromatic N) is 4. The van der Waals surface area contributed by atoms with Crippen molar-refractivity contribution in [1.82, 2.24) is 24.6 Å². The molecule has 5 rings (SSSR count). The van der Waals surface area contributed by atoms with Crippen LogP contribution in [0.1, 0.15) is 34.0 Å². The first-order valence-corrected chi connectivity index (χ1v) is 11.8. The van der Waals surface area contributed by atoms with E-state index >= 15 is 0 Å². The summed E-state index contributed by atoms with van der Waals surface area (Å²) in [6.45, 7) is 8.62. The van der Waals surface area contributed by atoms with E-state index in [4.69, 9.17) is 0 Å². The van der Waals surface area contributed by atoms with Gasteiger partial charge in [-0.3, -0.25) is 19.1 Å². The molecule has 1 aliphatic heterocycles. The van der Waals surface area contributed by atoms with Crippen molar-refractivity contribution in [2.75, 3.05) is 38.1 Å². The highest BCUT2D eigenvalue weighted by molar-refractivity contribution is 5.94. The zero-order chi connectivity index (χ0) is 23.8. The number of piperazine rings is 1. The molecule has 8 heteroatoms. The Hall–Kier alpha value is -3.65. The van der Waals surface area contributed by atoms with Crippen molar-refractivity contribution in [3.63, 3.8) is 0 Å². The summed E-state index contributed by atoms with van der Waals surface area (Å²) in [4.78, 5) is 36.9. The summed E-state index contributed by atoms with van der Waals surface area (Å²) in [5.74, 6) is -0.0516. The molecular weight excluding hydrogens is 428 g/mol. The third-order valence-electron chi connectivity index (χ3n) is 6.67. The standard InChI is InChI=1S/C26H30N6O2/c1-4-19-13-20(25(33)27-3)5-6-22(19)31-9-7-30(8-10-31)16-18-12-21-24(28-14-18)23-11-17(2)15-32(23)26(34)29-21/h5-6,11-15H,4,7-10,16H2,1-3H3,(H,27,33)(H,29,34). The Morgan fingerprint density at radius 1 is 1.15 bits per heavy atom. The Morgan fingerprint density at radius 3 is 2.68 bits per heavy atom. The van der Waals surface area contributed by atoms with Crippen molar-refractivity contribution >= 4 is 28.1 Å². The summed E-state index contributed by atoms with van der Waals surface area (Å²) < 4.78 is 1.62. The number of benzene rings is 1. The van der Waals surface area contributed by atoms with Gasteiger partial charge in [-0.25, -0.2) is 4.79 Å². The van der Waals surface area contributed by atoms with Gasteiger partial charge in [0.05, 0.1) is 11.0 Å². The molecule has 0 atom stereocenters. The van der Waals surface area contributed by atoms with Crippen molar-refractivity contribution in [1.29, 1.82) is 0 Å². The fourth-order valence-electron chi connectivity index (χ4n) is 4.88. The van der Waals surface area contributed by atoms with E-state index < -0.39 is 0 Å². The Labute approximate surface area is 198 Å². The van der Waals surface area contributed by atoms with Crippen LogP contribution in [0.2, 0.25) is 0 Å². The minimum atomic E-state index is -0.141. The first-order valence-electron chi connectivity index (χ1n) is 11.8. The molecule has 1 fully saturated rings. The maximum atomic E-state index is 12.4. The lowest BCUT2D eigenvalue weighted by Gasteiger charge is -2.37. The van der Waals surface area contributed by atoms with Gasteiger partial charge in [0.2, 0.25) is 0 Å². The lowest BCUT2D eigenvalue weighted by Crippen LogP contribution is -2.46. The number of amides is 1. The third-order valence-corrected chi connectivity index (χ3v) is 6.67. The molecule has 0 saturated carbocycles. The van der Waals surface area contributed by atoms with Crippen LogP contribution in [0.5, 0.6) is 0 Å². The largest absolute Gasteiger partial charge is 0.369 e. The van der Waals surface area contributed by atoms with Crippen molar-refractivity contribution in [3.05, 3.63) is 75.5 Å². The highest BCUT2D eigenvalue weighted by Crippen LogP contribution is 2.25. The minimum absolute atomic E-state index is 0.0516. The fourth-order valence-corrected chi connectivity index (χ4v) is 4.88. The number of carbonyl (C=O) groups excluding carboxylic acids is 1. The summed E-state index contributed by atoms with van der Waals surface area (Å²) in [6.07, 6.45) is 4.64. The molecule has 1 amide bonds. The number of aromatic nitrogens is 3. The van der Waals surface area contributed by atoms with Crippen LogP contribution in [0, 0.1) is 6.92 Å². The highest BCUT2D eigenvalue weighted by Gasteiger charge is 2.20. The van der Waals surface area contributed by atoms with E-state index in [0.717, 1.165) is 66.8 Å². The molecule has 1 saturated heterocycles. The molecule has 2 N–H and O–H groups in total. The van der Waals surface area contributed by atoms with Crippen LogP contribution in [0.25, 0.3) is 16.6 Å². The zero-order valence-electron chi connectivity index (χ0n) is 19.9.